The molecule has 1 rings (SSSR count). The fourth-order valence-electron chi connectivity index (χ4n) is 0.321. The molecule has 1 aromatic rings. The van der Waals surface area contributed by atoms with E-state index in [4.69, 9.17) is 5.11 Å². The molecule has 0 amide bonds. The predicted octanol–water partition coefficient (Wildman–Crippen LogP) is -3.81. The fraction of sp³-hybridized carbons (Fsp3) is 0.444. The maximum absolute atomic E-state index is 8.52. The second kappa shape index (κ2) is 12.6. The van der Waals surface area contributed by atoms with Crippen molar-refractivity contribution in [3.8, 4) is 0 Å². The smallest absolute Gasteiger partial charge is 1.00 e. The summed E-state index contributed by atoms with van der Waals surface area (Å²) < 4.78 is 0. The van der Waals surface area contributed by atoms with Crippen LogP contribution < -0.4 is 24.8 Å². The third-order valence-corrected chi connectivity index (χ3v) is 0.556. The van der Waals surface area contributed by atoms with E-state index in [9.17, 15) is 0 Å². The average molecular weight is 258 g/mol. The molecule has 0 aliphatic rings. The second-order valence-corrected chi connectivity index (χ2v) is 3.13. The van der Waals surface area contributed by atoms with Crippen LogP contribution in [0.2, 0.25) is 0 Å². The van der Waals surface area contributed by atoms with Gasteiger partial charge in [-0.25, -0.2) is 12.1 Å². The first-order chi connectivity index (χ1) is 4.50. The third kappa shape index (κ3) is 45.1. The molecule has 0 saturated carbocycles. The van der Waals surface area contributed by atoms with E-state index < -0.39 is 5.60 Å². The zero-order chi connectivity index (χ0) is 8.04. The number of hydrogen-bond donors (Lipinski definition) is 1. The van der Waals surface area contributed by atoms with Gasteiger partial charge in [-0.05, 0) is 20.8 Å². The Bertz CT molecular complexity index is 124. The fourth-order valence-corrected chi connectivity index (χ4v) is 0.321. The molecule has 0 fully saturated rings. The molecule has 0 aliphatic heterocycles. The van der Waals surface area contributed by atoms with Gasteiger partial charge in [0.05, 0.1) is 5.60 Å². The van der Waals surface area contributed by atoms with E-state index >= 15 is 0 Å². The molecule has 13 heavy (non-hydrogen) atoms. The van der Waals surface area contributed by atoms with Crippen LogP contribution in [0.5, 0.6) is 0 Å². The first-order valence-electron chi connectivity index (χ1n) is 3.39. The minimum Gasteiger partial charge on any atom is -1.00 e. The summed E-state index contributed by atoms with van der Waals surface area (Å²) in [7, 11) is 0. The van der Waals surface area contributed by atoms with Crippen molar-refractivity contribution in [2.75, 3.05) is 0 Å². The van der Waals surface area contributed by atoms with Gasteiger partial charge in [0, 0.05) is 0 Å². The Labute approximate surface area is 108 Å². The Morgan fingerprint density at radius 1 is 1.00 bits per heavy atom. The van der Waals surface area contributed by atoms with E-state index in [1.54, 1.807) is 20.8 Å². The number of rotatable bonds is 0. The van der Waals surface area contributed by atoms with E-state index in [0.29, 0.717) is 0 Å². The molecule has 0 spiro atoms. The molecule has 0 saturated heterocycles. The van der Waals surface area contributed by atoms with Crippen LogP contribution in [-0.2, 0) is 21.7 Å². The van der Waals surface area contributed by atoms with Crippen LogP contribution in [0.4, 0.5) is 0 Å². The van der Waals surface area contributed by atoms with E-state index in [-0.39, 0.29) is 46.5 Å². The normalized spacial score (nSPS) is 7.69. The monoisotopic (exact) mass is 257 g/mol. The van der Waals surface area contributed by atoms with Gasteiger partial charge in [0.2, 0.25) is 0 Å². The van der Waals surface area contributed by atoms with Crippen LogP contribution in [0.25, 0.3) is 0 Å². The van der Waals surface area contributed by atoms with Gasteiger partial charge < -0.3 is 29.9 Å². The summed E-state index contributed by atoms with van der Waals surface area (Å²) in [6.07, 6.45) is 0. The molecule has 0 atom stereocenters. The van der Waals surface area contributed by atoms with Crippen LogP contribution in [0.15, 0.2) is 30.3 Å². The topological polar surface area (TPSA) is 20.2 Å². The van der Waals surface area contributed by atoms with Gasteiger partial charge in [-0.2, -0.15) is 18.2 Å². The van der Waals surface area contributed by atoms with Crippen molar-refractivity contribution in [2.24, 2.45) is 0 Å². The largest absolute Gasteiger partial charge is 3.00 e. The van der Waals surface area contributed by atoms with Crippen LogP contribution in [0.3, 0.4) is 0 Å². The van der Waals surface area contributed by atoms with Crippen molar-refractivity contribution in [3.63, 3.8) is 0 Å². The summed E-state index contributed by atoms with van der Waals surface area (Å²) in [4.78, 5) is 0. The van der Waals surface area contributed by atoms with Crippen molar-refractivity contribution in [3.05, 3.63) is 30.3 Å². The second-order valence-electron chi connectivity index (χ2n) is 3.13. The minimum absolute atomic E-state index is 0. The molecule has 0 bridgehead atoms. The van der Waals surface area contributed by atoms with Crippen molar-refractivity contribution in [1.29, 1.82) is 0 Å². The Balaban J connectivity index is -0.0000000506. The quantitative estimate of drug-likeness (QED) is 0.373. The summed E-state index contributed by atoms with van der Waals surface area (Å²) in [6, 6.07) is 10.0. The number of hydrogen-bond acceptors (Lipinski definition) is 1. The van der Waals surface area contributed by atoms with Gasteiger partial charge in [-0.15, -0.1) is 0 Å². The standard InChI is InChI=1S/C5H5.C4H10O.2ClH.Ti/c1-2-4-5-3-1;1-4(2,3)5;;;/h1-5H;5H,1-3H3;2*1H;/q-1;;;;+3/p-2. The molecule has 0 aromatic heterocycles. The van der Waals surface area contributed by atoms with Gasteiger partial charge in [-0.3, -0.25) is 0 Å². The number of aliphatic hydroxyl groups is 1. The Morgan fingerprint density at radius 3 is 1.31 bits per heavy atom. The zero-order valence-corrected chi connectivity index (χ0v) is 11.2. The maximum Gasteiger partial charge on any atom is 3.00 e. The minimum atomic E-state index is -0.500. The molecule has 1 N–H and O–H groups in total. The average Bonchev–Trinajstić information content (AvgIpc) is 2.07. The SMILES string of the molecule is CC(C)(C)O.[Cl-].[Cl-].[Ti+3].c1cc[cH-]c1. The summed E-state index contributed by atoms with van der Waals surface area (Å²) in [5.41, 5.74) is -0.500. The van der Waals surface area contributed by atoms with Crippen LogP contribution in [0.1, 0.15) is 20.8 Å². The van der Waals surface area contributed by atoms with Crippen molar-refractivity contribution in [2.45, 2.75) is 26.4 Å². The molecule has 1 aromatic carbocycles. The molecule has 0 heterocycles. The van der Waals surface area contributed by atoms with E-state index in [2.05, 4.69) is 0 Å². The summed E-state index contributed by atoms with van der Waals surface area (Å²) >= 11 is 0. The van der Waals surface area contributed by atoms with Crippen LogP contribution in [-0.4, -0.2) is 10.7 Å². The molecular formula is C9H15Cl2OTi. The third-order valence-electron chi connectivity index (χ3n) is 0.556. The summed E-state index contributed by atoms with van der Waals surface area (Å²) in [5, 5.41) is 8.52. The first kappa shape index (κ1) is 23.4. The maximum atomic E-state index is 8.52. The van der Waals surface area contributed by atoms with Crippen LogP contribution >= 0.6 is 0 Å². The van der Waals surface area contributed by atoms with Gasteiger partial charge in [0.15, 0.2) is 0 Å². The Kier molecular flexibility index (Phi) is 22.7. The molecule has 1 radical (unpaired) electrons. The van der Waals surface area contributed by atoms with Gasteiger partial charge >= 0.3 is 21.7 Å². The summed E-state index contributed by atoms with van der Waals surface area (Å²) in [6.45, 7) is 5.23. The molecule has 1 nitrogen and oxygen atoms in total. The van der Waals surface area contributed by atoms with Gasteiger partial charge in [0.1, 0.15) is 0 Å². The first-order valence-corrected chi connectivity index (χ1v) is 3.39. The summed E-state index contributed by atoms with van der Waals surface area (Å²) in [5.74, 6) is 0. The molecule has 0 aliphatic carbocycles. The van der Waals surface area contributed by atoms with Gasteiger partial charge in [-0.1, -0.05) is 0 Å². The van der Waals surface area contributed by atoms with Crippen LogP contribution in [0, 0.1) is 0 Å². The van der Waals surface area contributed by atoms with E-state index in [0.717, 1.165) is 0 Å². The Hall–Kier alpha value is 0.604. The zero-order valence-electron chi connectivity index (χ0n) is 8.09. The van der Waals surface area contributed by atoms with Crippen molar-refractivity contribution in [1.82, 2.24) is 0 Å². The Morgan fingerprint density at radius 2 is 1.23 bits per heavy atom. The van der Waals surface area contributed by atoms with Crippen molar-refractivity contribution < 1.29 is 51.6 Å². The molecule has 4 heteroatoms. The molecular weight excluding hydrogens is 243 g/mol. The van der Waals surface area contributed by atoms with Gasteiger partial charge in [0.25, 0.3) is 0 Å². The van der Waals surface area contributed by atoms with Crippen molar-refractivity contribution >= 4 is 0 Å². The predicted molar refractivity (Wildman–Crippen MR) is 44.0 cm³/mol. The number of halogens is 2. The molecule has 75 valence electrons. The molecule has 0 unspecified atom stereocenters. The van der Waals surface area contributed by atoms with E-state index in [1.807, 2.05) is 30.3 Å². The van der Waals surface area contributed by atoms with E-state index in [1.165, 1.54) is 0 Å².